The second kappa shape index (κ2) is 63.1. The van der Waals surface area contributed by atoms with Crippen molar-refractivity contribution in [3.05, 3.63) is 72.9 Å². The van der Waals surface area contributed by atoms with E-state index in [9.17, 15) is 15.0 Å². The molecule has 0 aromatic heterocycles. The SMILES string of the molecule is CC/C=C\C/C=C\C/C=C\C/C=C\CCCCCCCCCCCCCCCCCCCCCCC(=O)NC(CO)C(O)/C=C/CC/C=C/CCCCCCCCCCCCCCCCCCCCCCC. The van der Waals surface area contributed by atoms with Crippen LogP contribution in [0.1, 0.15) is 335 Å². The largest absolute Gasteiger partial charge is 0.394 e. The van der Waals surface area contributed by atoms with Crippen molar-refractivity contribution in [2.24, 2.45) is 0 Å². The van der Waals surface area contributed by atoms with Gasteiger partial charge in [-0.05, 0) is 70.6 Å². The summed E-state index contributed by atoms with van der Waals surface area (Å²) in [4.78, 5) is 12.5. The molecular weight excluding hydrogens is 879 g/mol. The average Bonchev–Trinajstić information content (AvgIpc) is 3.39. The zero-order valence-corrected chi connectivity index (χ0v) is 48.4. The summed E-state index contributed by atoms with van der Waals surface area (Å²) in [5.41, 5.74) is 0. The maximum absolute atomic E-state index is 12.5. The number of unbranched alkanes of at least 4 members (excludes halogenated alkanes) is 42. The number of carbonyl (C=O) groups is 1. The molecule has 1 amide bonds. The molecule has 0 saturated heterocycles. The molecular formula is C68H125NO3. The highest BCUT2D eigenvalue weighted by Crippen LogP contribution is 2.18. The first-order valence-corrected chi connectivity index (χ1v) is 32.2. The molecule has 420 valence electrons. The molecule has 0 fully saturated rings. The lowest BCUT2D eigenvalue weighted by Gasteiger charge is -2.19. The van der Waals surface area contributed by atoms with Crippen LogP contribution in [0.2, 0.25) is 0 Å². The molecule has 0 aromatic carbocycles. The summed E-state index contributed by atoms with van der Waals surface area (Å²) in [6.45, 7) is 4.22. The van der Waals surface area contributed by atoms with Gasteiger partial charge in [0.25, 0.3) is 0 Å². The lowest BCUT2D eigenvalue weighted by atomic mass is 10.0. The minimum atomic E-state index is -0.865. The van der Waals surface area contributed by atoms with Gasteiger partial charge >= 0.3 is 0 Å². The molecule has 0 bridgehead atoms. The fourth-order valence-corrected chi connectivity index (χ4v) is 9.84. The van der Waals surface area contributed by atoms with Gasteiger partial charge in [-0.1, -0.05) is 331 Å². The summed E-state index contributed by atoms with van der Waals surface area (Å²) in [7, 11) is 0. The monoisotopic (exact) mass is 1000 g/mol. The molecule has 3 N–H and O–H groups in total. The van der Waals surface area contributed by atoms with E-state index in [4.69, 9.17) is 0 Å². The lowest BCUT2D eigenvalue weighted by molar-refractivity contribution is -0.123. The molecule has 0 rings (SSSR count). The Labute approximate surface area is 450 Å². The molecule has 0 aliphatic rings. The predicted octanol–water partition coefficient (Wildman–Crippen LogP) is 21.7. The normalized spacial score (nSPS) is 13.2. The summed E-state index contributed by atoms with van der Waals surface area (Å²) in [5.74, 6) is -0.0694. The summed E-state index contributed by atoms with van der Waals surface area (Å²) in [5, 5.41) is 23.2. The van der Waals surface area contributed by atoms with E-state index < -0.39 is 12.1 Å². The van der Waals surface area contributed by atoms with Crippen LogP contribution >= 0.6 is 0 Å². The van der Waals surface area contributed by atoms with Crippen molar-refractivity contribution in [3.8, 4) is 0 Å². The fourth-order valence-electron chi connectivity index (χ4n) is 9.84. The van der Waals surface area contributed by atoms with Gasteiger partial charge in [0, 0.05) is 6.42 Å². The van der Waals surface area contributed by atoms with E-state index >= 15 is 0 Å². The van der Waals surface area contributed by atoms with E-state index in [-0.39, 0.29) is 12.5 Å². The molecule has 0 aliphatic heterocycles. The van der Waals surface area contributed by atoms with Crippen LogP contribution in [0, 0.1) is 0 Å². The predicted molar refractivity (Wildman–Crippen MR) is 322 cm³/mol. The number of nitrogens with one attached hydrogen (secondary N) is 1. The average molecular weight is 1000 g/mol. The van der Waals surface area contributed by atoms with Crippen molar-refractivity contribution in [3.63, 3.8) is 0 Å². The van der Waals surface area contributed by atoms with Crippen molar-refractivity contribution in [1.82, 2.24) is 5.32 Å². The molecule has 0 heterocycles. The number of allylic oxidation sites excluding steroid dienone is 11. The van der Waals surface area contributed by atoms with Gasteiger partial charge < -0.3 is 15.5 Å². The summed E-state index contributed by atoms with van der Waals surface area (Å²) < 4.78 is 0. The first kappa shape index (κ1) is 69.8. The van der Waals surface area contributed by atoms with E-state index in [0.717, 1.165) is 57.8 Å². The van der Waals surface area contributed by atoms with Crippen molar-refractivity contribution in [2.75, 3.05) is 6.61 Å². The molecule has 0 saturated carbocycles. The van der Waals surface area contributed by atoms with Gasteiger partial charge in [-0.25, -0.2) is 0 Å². The number of aliphatic hydroxyl groups is 2. The lowest BCUT2D eigenvalue weighted by Crippen LogP contribution is -2.45. The quantitative estimate of drug-likeness (QED) is 0.0420. The Bertz CT molecular complexity index is 1230. The van der Waals surface area contributed by atoms with E-state index in [1.807, 2.05) is 6.08 Å². The van der Waals surface area contributed by atoms with E-state index in [2.05, 4.69) is 79.9 Å². The summed E-state index contributed by atoms with van der Waals surface area (Å²) in [6, 6.07) is -0.642. The molecule has 4 heteroatoms. The van der Waals surface area contributed by atoms with Gasteiger partial charge in [0.2, 0.25) is 5.91 Å². The van der Waals surface area contributed by atoms with Crippen molar-refractivity contribution in [1.29, 1.82) is 0 Å². The molecule has 0 radical (unpaired) electrons. The zero-order chi connectivity index (χ0) is 52.0. The molecule has 0 aromatic rings. The van der Waals surface area contributed by atoms with E-state index in [1.165, 1.54) is 257 Å². The highest BCUT2D eigenvalue weighted by Gasteiger charge is 2.18. The standard InChI is InChI=1S/C68H125NO3/c1-3-5-7-9-11-13-15-17-19-21-23-25-27-29-31-32-33-34-35-36-38-40-42-44-46-48-50-52-54-56-58-60-62-64-68(72)69-66(65-70)67(71)63-61-59-57-55-53-51-49-47-45-43-41-39-37-30-28-26-24-22-20-18-16-14-12-10-8-6-4-2/h5,7,11,13,17,19,23,25,53,55,61,63,66-67,70-71H,3-4,6,8-10,12,14-16,18,20-22,24,26-52,54,56-60,62,64-65H2,1-2H3,(H,69,72)/b7-5-,13-11-,19-17-,25-23-,55-53+,63-61+. The Balaban J connectivity index is 3.48. The first-order chi connectivity index (χ1) is 35.7. The van der Waals surface area contributed by atoms with Crippen LogP contribution in [-0.2, 0) is 4.79 Å². The number of aliphatic hydroxyl groups excluding tert-OH is 2. The summed E-state index contributed by atoms with van der Waals surface area (Å²) in [6.07, 6.45) is 91.1. The van der Waals surface area contributed by atoms with Gasteiger partial charge in [0.05, 0.1) is 18.8 Å². The van der Waals surface area contributed by atoms with Crippen molar-refractivity contribution < 1.29 is 15.0 Å². The van der Waals surface area contributed by atoms with E-state index in [1.54, 1.807) is 6.08 Å². The highest BCUT2D eigenvalue weighted by atomic mass is 16.3. The molecule has 2 unspecified atom stereocenters. The van der Waals surface area contributed by atoms with Crippen LogP contribution in [0.4, 0.5) is 0 Å². The Morgan fingerprint density at radius 3 is 0.972 bits per heavy atom. The summed E-state index contributed by atoms with van der Waals surface area (Å²) >= 11 is 0. The van der Waals surface area contributed by atoms with Crippen molar-refractivity contribution >= 4 is 5.91 Å². The van der Waals surface area contributed by atoms with Crippen LogP contribution in [0.5, 0.6) is 0 Å². The molecule has 4 nitrogen and oxygen atoms in total. The zero-order valence-electron chi connectivity index (χ0n) is 48.4. The maximum atomic E-state index is 12.5. The van der Waals surface area contributed by atoms with Gasteiger partial charge in [-0.3, -0.25) is 4.79 Å². The third-order valence-corrected chi connectivity index (χ3v) is 14.7. The number of amides is 1. The molecule has 2 atom stereocenters. The smallest absolute Gasteiger partial charge is 0.220 e. The second-order valence-corrected chi connectivity index (χ2v) is 21.8. The number of rotatable bonds is 59. The van der Waals surface area contributed by atoms with Crippen LogP contribution < -0.4 is 5.32 Å². The third-order valence-electron chi connectivity index (χ3n) is 14.7. The van der Waals surface area contributed by atoms with Gasteiger partial charge in [-0.2, -0.15) is 0 Å². The molecule has 0 spiro atoms. The minimum absolute atomic E-state index is 0.0694. The Morgan fingerprint density at radius 1 is 0.347 bits per heavy atom. The van der Waals surface area contributed by atoms with Crippen LogP contribution in [0.25, 0.3) is 0 Å². The van der Waals surface area contributed by atoms with Gasteiger partial charge in [0.15, 0.2) is 0 Å². The Hall–Kier alpha value is -2.17. The third kappa shape index (κ3) is 58.7. The maximum Gasteiger partial charge on any atom is 0.220 e. The van der Waals surface area contributed by atoms with Crippen molar-refractivity contribution in [2.45, 2.75) is 347 Å². The topological polar surface area (TPSA) is 69.6 Å². The molecule has 72 heavy (non-hydrogen) atoms. The van der Waals surface area contributed by atoms with Crippen LogP contribution in [0.3, 0.4) is 0 Å². The highest BCUT2D eigenvalue weighted by molar-refractivity contribution is 5.76. The number of hydrogen-bond acceptors (Lipinski definition) is 3. The van der Waals surface area contributed by atoms with E-state index in [0.29, 0.717) is 6.42 Å². The molecule has 0 aliphatic carbocycles. The fraction of sp³-hybridized carbons (Fsp3) is 0.809. The number of hydrogen-bond donors (Lipinski definition) is 3. The Morgan fingerprint density at radius 2 is 0.625 bits per heavy atom. The van der Waals surface area contributed by atoms with Gasteiger partial charge in [0.1, 0.15) is 0 Å². The number of carbonyl (C=O) groups excluding carboxylic acids is 1. The Kier molecular flexibility index (Phi) is 61.2. The first-order valence-electron chi connectivity index (χ1n) is 32.2. The minimum Gasteiger partial charge on any atom is -0.394 e. The van der Waals surface area contributed by atoms with Crippen LogP contribution in [0.15, 0.2) is 72.9 Å². The second-order valence-electron chi connectivity index (χ2n) is 21.8. The van der Waals surface area contributed by atoms with Gasteiger partial charge in [-0.15, -0.1) is 0 Å². The van der Waals surface area contributed by atoms with Crippen LogP contribution in [-0.4, -0.2) is 34.9 Å².